The lowest BCUT2D eigenvalue weighted by atomic mass is 10.0. The van der Waals surface area contributed by atoms with Crippen molar-refractivity contribution in [1.29, 1.82) is 0 Å². The number of nitrogens with one attached hydrogen (secondary N) is 1. The maximum absolute atomic E-state index is 14.7. The lowest BCUT2D eigenvalue weighted by Crippen LogP contribution is -2.34. The first-order valence-corrected chi connectivity index (χ1v) is 12.6. The van der Waals surface area contributed by atoms with E-state index in [2.05, 4.69) is 4.90 Å². The van der Waals surface area contributed by atoms with Gasteiger partial charge in [0.25, 0.3) is 5.91 Å². The van der Waals surface area contributed by atoms with Gasteiger partial charge in [0.1, 0.15) is 24.0 Å². The third kappa shape index (κ3) is 5.15. The zero-order chi connectivity index (χ0) is 23.0. The molecule has 1 amide bonds. The van der Waals surface area contributed by atoms with Gasteiger partial charge in [-0.2, -0.15) is 0 Å². The van der Waals surface area contributed by atoms with Gasteiger partial charge >= 0.3 is 0 Å². The van der Waals surface area contributed by atoms with Crippen LogP contribution in [0.15, 0.2) is 30.3 Å². The molecule has 1 saturated carbocycles. The van der Waals surface area contributed by atoms with Crippen LogP contribution in [0.25, 0.3) is 0 Å². The van der Waals surface area contributed by atoms with Crippen LogP contribution in [0.5, 0.6) is 5.75 Å². The molecule has 10 heteroatoms. The van der Waals surface area contributed by atoms with Crippen molar-refractivity contribution in [2.24, 2.45) is 0 Å². The SMILES string of the molecule is CS(=O)(=O)NC(=O)c1cc(C2CC2)c(OC[C@H]2CCCN2c2ccc(F)c(Cl)c2)cc1F. The maximum atomic E-state index is 14.7. The summed E-state index contributed by atoms with van der Waals surface area (Å²) in [5.41, 5.74) is 1.16. The molecule has 2 aliphatic rings. The van der Waals surface area contributed by atoms with E-state index in [1.54, 1.807) is 16.9 Å². The predicted molar refractivity (Wildman–Crippen MR) is 118 cm³/mol. The van der Waals surface area contributed by atoms with Gasteiger partial charge in [0.2, 0.25) is 10.0 Å². The van der Waals surface area contributed by atoms with E-state index in [1.165, 1.54) is 12.1 Å². The number of sulfonamides is 1. The second-order valence-corrected chi connectivity index (χ2v) is 10.4. The van der Waals surface area contributed by atoms with Crippen molar-refractivity contribution in [1.82, 2.24) is 4.72 Å². The topological polar surface area (TPSA) is 75.7 Å². The number of rotatable bonds is 7. The molecular formula is C22H23ClF2N2O4S. The Hall–Kier alpha value is -2.39. The minimum absolute atomic E-state index is 0.000137. The first-order chi connectivity index (χ1) is 15.1. The Labute approximate surface area is 190 Å². The molecule has 1 atom stereocenters. The van der Waals surface area contributed by atoms with Crippen molar-refractivity contribution in [3.63, 3.8) is 0 Å². The standard InChI is InChI=1S/C22H23ClF2N2O4S/c1-32(29,30)26-22(28)17-10-16(13-4-5-13)21(11-20(17)25)31-12-15-3-2-8-27(15)14-6-7-19(24)18(23)9-14/h6-7,9-11,13,15H,2-5,8,12H2,1H3,(H,26,28)/t15-/m1/s1. The van der Waals surface area contributed by atoms with Gasteiger partial charge in [-0.25, -0.2) is 21.9 Å². The highest BCUT2D eigenvalue weighted by atomic mass is 35.5. The summed E-state index contributed by atoms with van der Waals surface area (Å²) in [5, 5.41) is 0.0510. The predicted octanol–water partition coefficient (Wildman–Crippen LogP) is 4.23. The molecule has 6 nitrogen and oxygen atoms in total. The van der Waals surface area contributed by atoms with Crippen molar-refractivity contribution in [3.8, 4) is 5.75 Å². The molecule has 1 N–H and O–H groups in total. The van der Waals surface area contributed by atoms with Crippen molar-refractivity contribution >= 4 is 33.2 Å². The molecule has 0 bridgehead atoms. The number of benzene rings is 2. The van der Waals surface area contributed by atoms with Crippen LogP contribution in [0.3, 0.4) is 0 Å². The van der Waals surface area contributed by atoms with Crippen LogP contribution < -0.4 is 14.4 Å². The smallest absolute Gasteiger partial charge is 0.267 e. The fourth-order valence-electron chi connectivity index (χ4n) is 4.01. The summed E-state index contributed by atoms with van der Waals surface area (Å²) in [6.45, 7) is 1.05. The Balaban J connectivity index is 1.53. The maximum Gasteiger partial charge on any atom is 0.267 e. The van der Waals surface area contributed by atoms with E-state index < -0.39 is 27.6 Å². The largest absolute Gasteiger partial charge is 0.491 e. The van der Waals surface area contributed by atoms with Crippen LogP contribution in [0.2, 0.25) is 5.02 Å². The Morgan fingerprint density at radius 2 is 1.94 bits per heavy atom. The molecule has 1 heterocycles. The van der Waals surface area contributed by atoms with Crippen molar-refractivity contribution in [2.45, 2.75) is 37.6 Å². The minimum Gasteiger partial charge on any atom is -0.491 e. The molecule has 0 spiro atoms. The van der Waals surface area contributed by atoms with Gasteiger partial charge in [0.05, 0.1) is 22.9 Å². The molecule has 0 unspecified atom stereocenters. The van der Waals surface area contributed by atoms with E-state index in [1.807, 2.05) is 0 Å². The number of ether oxygens (including phenoxy) is 1. The lowest BCUT2D eigenvalue weighted by molar-refractivity contribution is 0.0977. The van der Waals surface area contributed by atoms with Crippen LogP contribution in [0.4, 0.5) is 14.5 Å². The summed E-state index contributed by atoms with van der Waals surface area (Å²) in [5.74, 6) is -1.84. The van der Waals surface area contributed by atoms with Gasteiger partial charge in [-0.1, -0.05) is 11.6 Å². The summed E-state index contributed by atoms with van der Waals surface area (Å²) in [6.07, 6.45) is 4.39. The Morgan fingerprint density at radius 1 is 1.19 bits per heavy atom. The lowest BCUT2D eigenvalue weighted by Gasteiger charge is -2.27. The van der Waals surface area contributed by atoms with Crippen LogP contribution in [-0.4, -0.2) is 39.8 Å². The second kappa shape index (κ2) is 8.86. The van der Waals surface area contributed by atoms with Crippen molar-refractivity contribution in [2.75, 3.05) is 24.3 Å². The second-order valence-electron chi connectivity index (χ2n) is 8.25. The number of carbonyl (C=O) groups excluding carboxylic acids is 1. The molecule has 0 aromatic heterocycles. The third-order valence-electron chi connectivity index (χ3n) is 5.68. The van der Waals surface area contributed by atoms with Gasteiger partial charge in [0.15, 0.2) is 0 Å². The Bertz CT molecular complexity index is 1150. The number of amides is 1. The Kier molecular flexibility index (Phi) is 6.31. The summed E-state index contributed by atoms with van der Waals surface area (Å²) in [4.78, 5) is 14.3. The number of hydrogen-bond acceptors (Lipinski definition) is 5. The van der Waals surface area contributed by atoms with Gasteiger partial charge in [-0.05, 0) is 61.4 Å². The van der Waals surface area contributed by atoms with Crippen LogP contribution in [0, 0.1) is 11.6 Å². The summed E-state index contributed by atoms with van der Waals surface area (Å²) < 4.78 is 58.7. The van der Waals surface area contributed by atoms with Crippen LogP contribution in [-0.2, 0) is 10.0 Å². The van der Waals surface area contributed by atoms with E-state index in [9.17, 15) is 22.0 Å². The molecule has 1 aliphatic carbocycles. The fraction of sp³-hybridized carbons (Fsp3) is 0.409. The Morgan fingerprint density at radius 3 is 2.59 bits per heavy atom. The summed E-state index contributed by atoms with van der Waals surface area (Å²) in [7, 11) is -3.81. The van der Waals surface area contributed by atoms with Crippen LogP contribution in [0.1, 0.15) is 47.5 Å². The van der Waals surface area contributed by atoms with Gasteiger partial charge in [0, 0.05) is 18.3 Å². The highest BCUT2D eigenvalue weighted by Gasteiger charge is 2.31. The van der Waals surface area contributed by atoms with E-state index in [4.69, 9.17) is 16.3 Å². The van der Waals surface area contributed by atoms with Crippen molar-refractivity contribution < 1.29 is 26.7 Å². The molecule has 1 aliphatic heterocycles. The van der Waals surface area contributed by atoms with E-state index in [0.717, 1.165) is 50.2 Å². The average Bonchev–Trinajstić information content (AvgIpc) is 3.44. The van der Waals surface area contributed by atoms with E-state index in [-0.39, 0.29) is 29.2 Å². The zero-order valence-corrected chi connectivity index (χ0v) is 19.0. The highest BCUT2D eigenvalue weighted by molar-refractivity contribution is 7.89. The van der Waals surface area contributed by atoms with E-state index >= 15 is 0 Å². The van der Waals surface area contributed by atoms with Crippen LogP contribution >= 0.6 is 11.6 Å². The number of carbonyl (C=O) groups is 1. The third-order valence-corrected chi connectivity index (χ3v) is 6.53. The minimum atomic E-state index is -3.81. The molecule has 2 fully saturated rings. The molecule has 2 aromatic rings. The zero-order valence-electron chi connectivity index (χ0n) is 17.4. The quantitative estimate of drug-likeness (QED) is 0.636. The van der Waals surface area contributed by atoms with Gasteiger partial charge in [-0.3, -0.25) is 4.79 Å². The summed E-state index contributed by atoms with van der Waals surface area (Å²) >= 11 is 5.93. The number of hydrogen-bond donors (Lipinski definition) is 1. The summed E-state index contributed by atoms with van der Waals surface area (Å²) in [6, 6.07) is 7.12. The monoisotopic (exact) mass is 484 g/mol. The molecule has 4 rings (SSSR count). The normalized spacial score (nSPS) is 18.6. The number of anilines is 1. The molecular weight excluding hydrogens is 462 g/mol. The fourth-order valence-corrected chi connectivity index (χ4v) is 4.63. The average molecular weight is 485 g/mol. The van der Waals surface area contributed by atoms with Crippen molar-refractivity contribution in [3.05, 3.63) is 58.1 Å². The first-order valence-electron chi connectivity index (χ1n) is 10.3. The molecule has 172 valence electrons. The first kappa shape index (κ1) is 22.8. The van der Waals surface area contributed by atoms with E-state index in [0.29, 0.717) is 11.3 Å². The molecule has 0 radical (unpaired) electrons. The highest BCUT2D eigenvalue weighted by Crippen LogP contribution is 2.45. The molecule has 2 aromatic carbocycles. The molecule has 1 saturated heterocycles. The number of halogens is 3. The van der Waals surface area contributed by atoms with Gasteiger partial charge < -0.3 is 9.64 Å². The molecule has 32 heavy (non-hydrogen) atoms. The number of nitrogens with zero attached hydrogens (tertiary/aromatic N) is 1. The van der Waals surface area contributed by atoms with Gasteiger partial charge in [-0.15, -0.1) is 0 Å².